The first-order chi connectivity index (χ1) is 16.8. The minimum Gasteiger partial charge on any atom is -0.483 e. The molecule has 3 heterocycles. The zero-order valence-electron chi connectivity index (χ0n) is 19.7. The Morgan fingerprint density at radius 2 is 2.09 bits per heavy atom. The molecule has 1 aliphatic rings. The molecule has 0 fully saturated rings. The van der Waals surface area contributed by atoms with Crippen LogP contribution in [0, 0.1) is 10.1 Å². The van der Waals surface area contributed by atoms with Crippen LogP contribution in [0.5, 0.6) is 17.4 Å². The van der Waals surface area contributed by atoms with Crippen LogP contribution in [0.15, 0.2) is 47.3 Å². The van der Waals surface area contributed by atoms with Crippen LogP contribution in [0.4, 0.5) is 11.5 Å². The maximum atomic E-state index is 12.2. The number of carbonyl (C=O) groups is 1. The number of benzene rings is 1. The molecule has 0 saturated carbocycles. The summed E-state index contributed by atoms with van der Waals surface area (Å²) in [5.74, 6) is 0.731. The van der Waals surface area contributed by atoms with Gasteiger partial charge >= 0.3 is 17.5 Å². The second kappa shape index (κ2) is 10.00. The van der Waals surface area contributed by atoms with Gasteiger partial charge in [0.2, 0.25) is 5.82 Å². The van der Waals surface area contributed by atoms with Crippen molar-refractivity contribution in [1.82, 2.24) is 9.97 Å². The Hall–Kier alpha value is -4.15. The Morgan fingerprint density at radius 1 is 1.26 bits per heavy atom. The Labute approximate surface area is 201 Å². The van der Waals surface area contributed by atoms with Crippen molar-refractivity contribution in [2.24, 2.45) is 0 Å². The zero-order valence-corrected chi connectivity index (χ0v) is 19.7. The number of nitro groups is 1. The van der Waals surface area contributed by atoms with Gasteiger partial charge < -0.3 is 23.5 Å². The summed E-state index contributed by atoms with van der Waals surface area (Å²) >= 11 is 0. The number of para-hydroxylation sites is 1. The fraction of sp³-hybridized carbons (Fsp3) is 0.375. The smallest absolute Gasteiger partial charge is 0.373 e. The van der Waals surface area contributed by atoms with E-state index in [0.29, 0.717) is 23.7 Å². The molecule has 0 aliphatic carbocycles. The molecule has 1 aliphatic heterocycles. The van der Waals surface area contributed by atoms with Crippen molar-refractivity contribution in [3.05, 3.63) is 64.4 Å². The number of anilines is 1. The Morgan fingerprint density at radius 3 is 2.80 bits per heavy atom. The minimum atomic E-state index is -0.599. The third-order valence-electron chi connectivity index (χ3n) is 5.33. The van der Waals surface area contributed by atoms with Crippen molar-refractivity contribution >= 4 is 17.5 Å². The van der Waals surface area contributed by atoms with Crippen LogP contribution in [-0.2, 0) is 22.5 Å². The molecule has 11 nitrogen and oxygen atoms in total. The van der Waals surface area contributed by atoms with E-state index in [9.17, 15) is 14.9 Å². The van der Waals surface area contributed by atoms with Gasteiger partial charge in [0.05, 0.1) is 30.8 Å². The van der Waals surface area contributed by atoms with Gasteiger partial charge in [0.15, 0.2) is 11.5 Å². The number of esters is 1. The van der Waals surface area contributed by atoms with Crippen molar-refractivity contribution in [1.29, 1.82) is 0 Å². The first-order valence-corrected chi connectivity index (χ1v) is 11.2. The lowest BCUT2D eigenvalue weighted by molar-refractivity contribution is -0.385. The van der Waals surface area contributed by atoms with Crippen LogP contribution in [0.3, 0.4) is 0 Å². The lowest BCUT2D eigenvalue weighted by atomic mass is 10.0. The number of nitrogens with zero attached hydrogens (tertiary/aromatic N) is 4. The molecule has 1 aromatic carbocycles. The maximum absolute atomic E-state index is 12.2. The maximum Gasteiger partial charge on any atom is 0.373 e. The summed E-state index contributed by atoms with van der Waals surface area (Å²) in [7, 11) is 0. The largest absolute Gasteiger partial charge is 0.483 e. The van der Waals surface area contributed by atoms with E-state index in [1.54, 1.807) is 36.1 Å². The number of hydrogen-bond acceptors (Lipinski definition) is 10. The van der Waals surface area contributed by atoms with E-state index in [2.05, 4.69) is 9.97 Å². The SMILES string of the molecule is CCOC(=O)CCN(Cc1ccco1)c1ncnc(Oc2cccc3c2OC(C)(C)C3)c1[N+](=O)[O-]. The van der Waals surface area contributed by atoms with Crippen molar-refractivity contribution in [2.75, 3.05) is 18.1 Å². The molecule has 0 unspecified atom stereocenters. The second-order valence-electron chi connectivity index (χ2n) is 8.55. The first-order valence-electron chi connectivity index (χ1n) is 11.2. The summed E-state index contributed by atoms with van der Waals surface area (Å²) in [4.78, 5) is 33.4. The van der Waals surface area contributed by atoms with E-state index < -0.39 is 22.2 Å². The van der Waals surface area contributed by atoms with Crippen molar-refractivity contribution < 1.29 is 28.3 Å². The number of hydrogen-bond donors (Lipinski definition) is 0. The van der Waals surface area contributed by atoms with Crippen LogP contribution in [0.1, 0.15) is 38.5 Å². The highest BCUT2D eigenvalue weighted by Gasteiger charge is 2.34. The van der Waals surface area contributed by atoms with Gasteiger partial charge in [-0.05, 0) is 39.0 Å². The lowest BCUT2D eigenvalue weighted by Gasteiger charge is -2.22. The quantitative estimate of drug-likeness (QED) is 0.232. The third-order valence-corrected chi connectivity index (χ3v) is 5.33. The molecule has 184 valence electrons. The molecule has 4 rings (SSSR count). The molecule has 0 radical (unpaired) electrons. The monoisotopic (exact) mass is 482 g/mol. The highest BCUT2D eigenvalue weighted by Crippen LogP contribution is 2.45. The van der Waals surface area contributed by atoms with Crippen molar-refractivity contribution in [3.8, 4) is 17.4 Å². The fourth-order valence-electron chi connectivity index (χ4n) is 3.90. The zero-order chi connectivity index (χ0) is 25.0. The number of furan rings is 1. The van der Waals surface area contributed by atoms with Crippen LogP contribution < -0.4 is 14.4 Å². The van der Waals surface area contributed by atoms with E-state index in [-0.39, 0.29) is 37.8 Å². The molecular weight excluding hydrogens is 456 g/mol. The summed E-state index contributed by atoms with van der Waals surface area (Å²) in [6.07, 6.45) is 3.37. The Kier molecular flexibility index (Phi) is 6.85. The molecule has 0 N–H and O–H groups in total. The topological polar surface area (TPSA) is 130 Å². The van der Waals surface area contributed by atoms with Crippen molar-refractivity contribution in [3.63, 3.8) is 0 Å². The average Bonchev–Trinajstić information content (AvgIpc) is 3.43. The fourth-order valence-corrected chi connectivity index (χ4v) is 3.90. The first kappa shape index (κ1) is 24.0. The van der Waals surface area contributed by atoms with Gasteiger partial charge in [-0.15, -0.1) is 0 Å². The highest BCUT2D eigenvalue weighted by atomic mass is 16.6. The van der Waals surface area contributed by atoms with E-state index in [1.165, 1.54) is 12.6 Å². The van der Waals surface area contributed by atoms with Crippen molar-refractivity contribution in [2.45, 2.75) is 45.8 Å². The van der Waals surface area contributed by atoms with Gasteiger partial charge in [0.1, 0.15) is 17.7 Å². The molecule has 0 bridgehead atoms. The van der Waals surface area contributed by atoms with E-state index in [0.717, 1.165) is 5.56 Å². The molecule has 3 aromatic rings. The summed E-state index contributed by atoms with van der Waals surface area (Å²) in [6.45, 7) is 6.11. The molecule has 0 saturated heterocycles. The van der Waals surface area contributed by atoms with E-state index in [4.69, 9.17) is 18.6 Å². The van der Waals surface area contributed by atoms with Crippen LogP contribution in [-0.4, -0.2) is 39.6 Å². The summed E-state index contributed by atoms with van der Waals surface area (Å²) in [5, 5.41) is 12.2. The number of fused-ring (bicyclic) bond motifs is 1. The van der Waals surface area contributed by atoms with E-state index >= 15 is 0 Å². The lowest BCUT2D eigenvalue weighted by Crippen LogP contribution is -2.28. The normalized spacial score (nSPS) is 13.6. The predicted octanol–water partition coefficient (Wildman–Crippen LogP) is 4.44. The van der Waals surface area contributed by atoms with Gasteiger partial charge in [-0.1, -0.05) is 12.1 Å². The summed E-state index contributed by atoms with van der Waals surface area (Å²) < 4.78 is 22.4. The predicted molar refractivity (Wildman–Crippen MR) is 125 cm³/mol. The summed E-state index contributed by atoms with van der Waals surface area (Å²) in [6, 6.07) is 8.84. The van der Waals surface area contributed by atoms with Crippen LogP contribution in [0.25, 0.3) is 0 Å². The number of ether oxygens (including phenoxy) is 3. The van der Waals surface area contributed by atoms with Crippen LogP contribution in [0.2, 0.25) is 0 Å². The average molecular weight is 482 g/mol. The Balaban J connectivity index is 1.69. The van der Waals surface area contributed by atoms with Gasteiger partial charge in [-0.2, -0.15) is 4.98 Å². The van der Waals surface area contributed by atoms with Gasteiger partial charge in [0.25, 0.3) is 0 Å². The third kappa shape index (κ3) is 5.51. The minimum absolute atomic E-state index is 0.00100. The molecule has 35 heavy (non-hydrogen) atoms. The molecule has 0 spiro atoms. The standard InChI is InChI=1S/C24H26N4O7/c1-4-32-19(29)10-11-27(14-17-8-6-12-33-17)22-20(28(30)31)23(26-15-25-22)34-18-9-5-7-16-13-24(2,3)35-21(16)18/h5-9,12,15H,4,10-11,13-14H2,1-3H3. The molecule has 0 amide bonds. The molecule has 2 aromatic heterocycles. The van der Waals surface area contributed by atoms with Gasteiger partial charge in [-0.3, -0.25) is 14.9 Å². The number of carbonyl (C=O) groups excluding carboxylic acids is 1. The molecular formula is C24H26N4O7. The Bertz CT molecular complexity index is 1210. The van der Waals surface area contributed by atoms with Gasteiger partial charge in [-0.25, -0.2) is 4.98 Å². The number of rotatable bonds is 10. The second-order valence-corrected chi connectivity index (χ2v) is 8.55. The molecule has 11 heteroatoms. The van der Waals surface area contributed by atoms with E-state index in [1.807, 2.05) is 19.9 Å². The summed E-state index contributed by atoms with van der Waals surface area (Å²) in [5.41, 5.74) is 0.0911. The van der Waals surface area contributed by atoms with Gasteiger partial charge in [0, 0.05) is 18.5 Å². The number of aromatic nitrogens is 2. The molecule has 0 atom stereocenters. The van der Waals surface area contributed by atoms with Crippen LogP contribution >= 0.6 is 0 Å². The highest BCUT2D eigenvalue weighted by molar-refractivity contribution is 5.71.